The minimum atomic E-state index is 1.02. The lowest BCUT2D eigenvalue weighted by atomic mass is 9.39. The van der Waals surface area contributed by atoms with Crippen LogP contribution in [0.1, 0.15) is 27.7 Å². The molecule has 0 aromatic heterocycles. The van der Waals surface area contributed by atoms with Gasteiger partial charge in [0, 0.05) is 0 Å². The molecule has 10 heavy (non-hydrogen) atoms. The highest BCUT2D eigenvalue weighted by molar-refractivity contribution is 5.06. The minimum Gasteiger partial charge on any atom is -0.0620 e. The summed E-state index contributed by atoms with van der Waals surface area (Å²) in [6, 6.07) is 0. The molecule has 0 saturated heterocycles. The Hall–Kier alpha value is 0. The summed E-state index contributed by atoms with van der Waals surface area (Å²) in [5, 5.41) is 0. The molecule has 2 rings (SSSR count). The third kappa shape index (κ3) is 0.500. The first-order chi connectivity index (χ1) is 4.64. The maximum Gasteiger partial charge on any atom is -0.0324 e. The Morgan fingerprint density at radius 3 is 0.900 bits per heavy atom. The monoisotopic (exact) mass is 138 g/mol. The predicted molar refractivity (Wildman–Crippen MR) is 43.6 cm³/mol. The van der Waals surface area contributed by atoms with Gasteiger partial charge < -0.3 is 0 Å². The lowest BCUT2D eigenvalue weighted by Gasteiger charge is -2.65. The van der Waals surface area contributed by atoms with Crippen LogP contribution in [0, 0.1) is 35.5 Å². The number of hydrogen-bond acceptors (Lipinski definition) is 0. The summed E-state index contributed by atoms with van der Waals surface area (Å²) in [6.45, 7) is 9.70. The summed E-state index contributed by atoms with van der Waals surface area (Å²) < 4.78 is 0. The average Bonchev–Trinajstić information content (AvgIpc) is 1.95. The Balaban J connectivity index is 2.07. The van der Waals surface area contributed by atoms with Crippen molar-refractivity contribution in [3.63, 3.8) is 0 Å². The second kappa shape index (κ2) is 1.78. The van der Waals surface area contributed by atoms with Crippen LogP contribution in [0.4, 0.5) is 0 Å². The lowest BCUT2D eigenvalue weighted by Crippen LogP contribution is -2.61. The molecule has 0 aromatic rings. The number of fused-ring (bicyclic) bond motifs is 1. The molecule has 2 aliphatic carbocycles. The Bertz CT molecular complexity index is 116. The van der Waals surface area contributed by atoms with E-state index in [0.29, 0.717) is 0 Å². The van der Waals surface area contributed by atoms with Gasteiger partial charge in [0.25, 0.3) is 0 Å². The Labute approximate surface area is 64.0 Å². The van der Waals surface area contributed by atoms with E-state index in [9.17, 15) is 0 Å². The zero-order chi connectivity index (χ0) is 7.46. The van der Waals surface area contributed by atoms with Crippen LogP contribution in [0.2, 0.25) is 0 Å². The van der Waals surface area contributed by atoms with Gasteiger partial charge in [-0.25, -0.2) is 0 Å². The van der Waals surface area contributed by atoms with Crippen LogP contribution in [-0.4, -0.2) is 0 Å². The highest BCUT2D eigenvalue weighted by Crippen LogP contribution is 2.63. The Morgan fingerprint density at radius 1 is 0.500 bits per heavy atom. The molecule has 58 valence electrons. The summed E-state index contributed by atoms with van der Waals surface area (Å²) in [4.78, 5) is 0. The van der Waals surface area contributed by atoms with Gasteiger partial charge in [-0.2, -0.15) is 0 Å². The van der Waals surface area contributed by atoms with Crippen LogP contribution in [0.5, 0.6) is 0 Å². The second-order valence-electron chi connectivity index (χ2n) is 4.59. The summed E-state index contributed by atoms with van der Waals surface area (Å²) in [5.74, 6) is 6.30. The Morgan fingerprint density at radius 2 is 0.700 bits per heavy atom. The van der Waals surface area contributed by atoms with E-state index in [1.807, 2.05) is 0 Å². The van der Waals surface area contributed by atoms with Crippen molar-refractivity contribution in [2.75, 3.05) is 0 Å². The molecule has 0 heterocycles. The molecule has 0 aliphatic heterocycles. The highest BCUT2D eigenvalue weighted by atomic mass is 14.6. The van der Waals surface area contributed by atoms with E-state index in [0.717, 1.165) is 35.5 Å². The smallest absolute Gasteiger partial charge is 0.0324 e. The van der Waals surface area contributed by atoms with E-state index in [-0.39, 0.29) is 0 Å². The summed E-state index contributed by atoms with van der Waals surface area (Å²) in [6.07, 6.45) is 0. The number of rotatable bonds is 0. The van der Waals surface area contributed by atoms with E-state index < -0.39 is 0 Å². The molecule has 0 spiro atoms. The summed E-state index contributed by atoms with van der Waals surface area (Å²) >= 11 is 0. The molecule has 2 fully saturated rings. The predicted octanol–water partition coefficient (Wildman–Crippen LogP) is 2.79. The third-order valence-corrected chi connectivity index (χ3v) is 4.53. The SMILES string of the molecule is CC1C2C([C@H]1C)[C@H](C)[C@@H]2C. The van der Waals surface area contributed by atoms with E-state index in [2.05, 4.69) is 27.7 Å². The molecule has 0 heteroatoms. The molecule has 0 N–H and O–H groups in total. The largest absolute Gasteiger partial charge is 0.0620 e. The summed E-state index contributed by atoms with van der Waals surface area (Å²) in [7, 11) is 0. The lowest BCUT2D eigenvalue weighted by molar-refractivity contribution is -0.178. The first-order valence-electron chi connectivity index (χ1n) is 4.64. The van der Waals surface area contributed by atoms with Crippen molar-refractivity contribution in [1.29, 1.82) is 0 Å². The topological polar surface area (TPSA) is 0 Å². The van der Waals surface area contributed by atoms with Crippen LogP contribution in [0.3, 0.4) is 0 Å². The van der Waals surface area contributed by atoms with Crippen molar-refractivity contribution in [3.8, 4) is 0 Å². The van der Waals surface area contributed by atoms with Crippen LogP contribution >= 0.6 is 0 Å². The van der Waals surface area contributed by atoms with Crippen LogP contribution in [-0.2, 0) is 0 Å². The molecular weight excluding hydrogens is 120 g/mol. The maximum atomic E-state index is 2.42. The Kier molecular flexibility index (Phi) is 1.19. The van der Waals surface area contributed by atoms with Gasteiger partial charge in [0.2, 0.25) is 0 Å². The molecule has 2 aliphatic rings. The fourth-order valence-corrected chi connectivity index (χ4v) is 3.47. The first-order valence-corrected chi connectivity index (χ1v) is 4.64. The minimum absolute atomic E-state index is 1.02. The molecule has 0 amide bonds. The van der Waals surface area contributed by atoms with E-state index in [1.165, 1.54) is 0 Å². The molecule has 0 radical (unpaired) electrons. The molecule has 0 nitrogen and oxygen atoms in total. The fraction of sp³-hybridized carbons (Fsp3) is 1.00. The average molecular weight is 138 g/mol. The first kappa shape index (κ1) is 6.69. The van der Waals surface area contributed by atoms with Crippen molar-refractivity contribution in [1.82, 2.24) is 0 Å². The number of hydrogen-bond donors (Lipinski definition) is 0. The molecule has 0 bridgehead atoms. The molecular formula is C10H18. The van der Waals surface area contributed by atoms with Gasteiger partial charge in [0.1, 0.15) is 0 Å². The molecule has 3 unspecified atom stereocenters. The standard InChI is InChI=1S/C10H18/c1-5-6(2)10-8(4)7(3)9(5)10/h5-10H,1-4H3/t5-,6+,7+,8?,9?,10?/m1/s1. The van der Waals surface area contributed by atoms with Crippen LogP contribution in [0.25, 0.3) is 0 Å². The van der Waals surface area contributed by atoms with Gasteiger partial charge in [-0.15, -0.1) is 0 Å². The molecule has 0 aromatic carbocycles. The van der Waals surface area contributed by atoms with Gasteiger partial charge in [0.05, 0.1) is 0 Å². The molecule has 2 saturated carbocycles. The quantitative estimate of drug-likeness (QED) is 0.483. The van der Waals surface area contributed by atoms with Gasteiger partial charge in [-0.05, 0) is 35.5 Å². The van der Waals surface area contributed by atoms with Crippen molar-refractivity contribution in [2.24, 2.45) is 35.5 Å². The van der Waals surface area contributed by atoms with E-state index >= 15 is 0 Å². The van der Waals surface area contributed by atoms with Crippen molar-refractivity contribution in [3.05, 3.63) is 0 Å². The maximum absolute atomic E-state index is 2.42. The van der Waals surface area contributed by atoms with Crippen LogP contribution < -0.4 is 0 Å². The van der Waals surface area contributed by atoms with E-state index in [1.54, 1.807) is 0 Å². The van der Waals surface area contributed by atoms with Crippen molar-refractivity contribution < 1.29 is 0 Å². The normalized spacial score (nSPS) is 66.0. The summed E-state index contributed by atoms with van der Waals surface area (Å²) in [5.41, 5.74) is 0. The fourth-order valence-electron chi connectivity index (χ4n) is 3.47. The van der Waals surface area contributed by atoms with Gasteiger partial charge in [0.15, 0.2) is 0 Å². The van der Waals surface area contributed by atoms with Crippen molar-refractivity contribution in [2.45, 2.75) is 27.7 Å². The van der Waals surface area contributed by atoms with Gasteiger partial charge >= 0.3 is 0 Å². The second-order valence-corrected chi connectivity index (χ2v) is 4.59. The zero-order valence-electron chi connectivity index (χ0n) is 7.46. The van der Waals surface area contributed by atoms with Crippen molar-refractivity contribution >= 4 is 0 Å². The third-order valence-electron chi connectivity index (χ3n) is 4.53. The molecule has 6 atom stereocenters. The van der Waals surface area contributed by atoms with Crippen LogP contribution in [0.15, 0.2) is 0 Å². The highest BCUT2D eigenvalue weighted by Gasteiger charge is 2.59. The van der Waals surface area contributed by atoms with Gasteiger partial charge in [-0.1, -0.05) is 27.7 Å². The zero-order valence-corrected chi connectivity index (χ0v) is 7.46. The van der Waals surface area contributed by atoms with E-state index in [4.69, 9.17) is 0 Å². The van der Waals surface area contributed by atoms with Gasteiger partial charge in [-0.3, -0.25) is 0 Å².